The molecule has 0 aliphatic carbocycles. The van der Waals surface area contributed by atoms with E-state index in [1.165, 1.54) is 0 Å². The molecule has 3 aromatic rings. The van der Waals surface area contributed by atoms with Crippen LogP contribution >= 0.6 is 0 Å². The van der Waals surface area contributed by atoms with E-state index in [0.717, 1.165) is 42.4 Å². The molecule has 0 fully saturated rings. The van der Waals surface area contributed by atoms with Crippen molar-refractivity contribution in [1.29, 1.82) is 0 Å². The van der Waals surface area contributed by atoms with Crippen LogP contribution in [0.5, 0.6) is 0 Å². The van der Waals surface area contributed by atoms with E-state index in [1.807, 2.05) is 91.9 Å². The van der Waals surface area contributed by atoms with Gasteiger partial charge >= 0.3 is 12.1 Å². The van der Waals surface area contributed by atoms with Crippen LogP contribution in [0.4, 0.5) is 4.79 Å². The first-order valence-corrected chi connectivity index (χ1v) is 18.5. The fourth-order valence-electron chi connectivity index (χ4n) is 5.93. The summed E-state index contributed by atoms with van der Waals surface area (Å²) in [4.78, 5) is 58.2. The van der Waals surface area contributed by atoms with Crippen molar-refractivity contribution in [2.75, 3.05) is 6.54 Å². The Balaban J connectivity index is 2.11. The fourth-order valence-corrected chi connectivity index (χ4v) is 5.93. The van der Waals surface area contributed by atoms with Crippen LogP contribution in [0.15, 0.2) is 84.9 Å². The average Bonchev–Trinajstić information content (AvgIpc) is 3.06. The number of ether oxygens (including phenoxy) is 2. The van der Waals surface area contributed by atoms with Gasteiger partial charge < -0.3 is 25.0 Å². The number of aryl methyl sites for hydroxylation is 1. The van der Waals surface area contributed by atoms with Gasteiger partial charge in [0.15, 0.2) is 0 Å². The van der Waals surface area contributed by atoms with Crippen LogP contribution in [-0.4, -0.2) is 58.6 Å². The molecule has 3 amide bonds. The van der Waals surface area contributed by atoms with Gasteiger partial charge in [-0.25, -0.2) is 9.59 Å². The molecule has 282 valence electrons. The van der Waals surface area contributed by atoms with Crippen LogP contribution in [0.25, 0.3) is 0 Å². The standard InChI is InChI=1S/C43H59N3O6/c1-9-10-11-12-19-27-46(39(48)35(29-32-22-15-13-16-23-32)45-41(50)52-43(6,7)8)37(34-26-20-21-31(2)28-34)38(47)44-36(40(49)51-42(3,4)5)30-33-24-17-14-18-25-33/h13-18,20-26,28,35-37H,9-12,19,27,29-30H2,1-8H3,(H,44,47)(H,45,50). The highest BCUT2D eigenvalue weighted by Crippen LogP contribution is 2.26. The number of rotatable bonds is 17. The van der Waals surface area contributed by atoms with Crippen molar-refractivity contribution in [2.45, 2.75) is 130 Å². The lowest BCUT2D eigenvalue weighted by atomic mass is 9.97. The van der Waals surface area contributed by atoms with E-state index in [1.54, 1.807) is 46.4 Å². The van der Waals surface area contributed by atoms with Gasteiger partial charge in [0.1, 0.15) is 29.3 Å². The third-order valence-corrected chi connectivity index (χ3v) is 8.27. The average molecular weight is 714 g/mol. The molecule has 0 aromatic heterocycles. The minimum atomic E-state index is -1.11. The van der Waals surface area contributed by atoms with E-state index in [0.29, 0.717) is 12.0 Å². The lowest BCUT2D eigenvalue weighted by Crippen LogP contribution is -2.55. The smallest absolute Gasteiger partial charge is 0.408 e. The van der Waals surface area contributed by atoms with Crippen LogP contribution in [0.3, 0.4) is 0 Å². The number of carbonyl (C=O) groups excluding carboxylic acids is 4. The molecule has 52 heavy (non-hydrogen) atoms. The third-order valence-electron chi connectivity index (χ3n) is 8.27. The molecule has 3 rings (SSSR count). The Morgan fingerprint density at radius 1 is 0.673 bits per heavy atom. The van der Waals surface area contributed by atoms with Crippen molar-refractivity contribution in [1.82, 2.24) is 15.5 Å². The van der Waals surface area contributed by atoms with Crippen molar-refractivity contribution >= 4 is 23.9 Å². The molecule has 0 saturated carbocycles. The largest absolute Gasteiger partial charge is 0.458 e. The van der Waals surface area contributed by atoms with Crippen molar-refractivity contribution in [3.8, 4) is 0 Å². The zero-order valence-corrected chi connectivity index (χ0v) is 32.4. The first-order chi connectivity index (χ1) is 24.6. The lowest BCUT2D eigenvalue weighted by molar-refractivity contribution is -0.159. The highest BCUT2D eigenvalue weighted by Gasteiger charge is 2.38. The van der Waals surface area contributed by atoms with E-state index in [-0.39, 0.29) is 19.4 Å². The highest BCUT2D eigenvalue weighted by molar-refractivity contribution is 5.94. The number of hydrogen-bond donors (Lipinski definition) is 2. The van der Waals surface area contributed by atoms with Crippen LogP contribution < -0.4 is 10.6 Å². The first-order valence-electron chi connectivity index (χ1n) is 18.5. The molecule has 9 nitrogen and oxygen atoms in total. The summed E-state index contributed by atoms with van der Waals surface area (Å²) >= 11 is 0. The fraction of sp³-hybridized carbons (Fsp3) is 0.488. The Morgan fingerprint density at radius 3 is 1.77 bits per heavy atom. The monoisotopic (exact) mass is 713 g/mol. The molecule has 0 saturated heterocycles. The second kappa shape index (κ2) is 19.8. The summed E-state index contributed by atoms with van der Waals surface area (Å²) in [6.45, 7) is 15.0. The van der Waals surface area contributed by atoms with Gasteiger partial charge in [0, 0.05) is 19.4 Å². The molecule has 3 unspecified atom stereocenters. The van der Waals surface area contributed by atoms with Crippen molar-refractivity contribution in [3.05, 3.63) is 107 Å². The van der Waals surface area contributed by atoms with Gasteiger partial charge in [0.25, 0.3) is 0 Å². The molecule has 0 aliphatic heterocycles. The Bertz CT molecular complexity index is 1580. The number of carbonyl (C=O) groups is 4. The summed E-state index contributed by atoms with van der Waals surface area (Å²) in [5.41, 5.74) is 1.61. The number of nitrogens with zero attached hydrogens (tertiary/aromatic N) is 1. The molecular formula is C43H59N3O6. The summed E-state index contributed by atoms with van der Waals surface area (Å²) in [6, 6.07) is 23.2. The highest BCUT2D eigenvalue weighted by atomic mass is 16.6. The predicted octanol–water partition coefficient (Wildman–Crippen LogP) is 8.04. The SMILES string of the molecule is CCCCCCCN(C(=O)C(Cc1ccccc1)NC(=O)OC(C)(C)C)C(C(=O)NC(Cc1ccccc1)C(=O)OC(C)(C)C)c1cccc(C)c1. The van der Waals surface area contributed by atoms with E-state index in [4.69, 9.17) is 9.47 Å². The van der Waals surface area contributed by atoms with Gasteiger partial charge in [-0.1, -0.05) is 123 Å². The maximum absolute atomic E-state index is 15.0. The number of hydrogen-bond acceptors (Lipinski definition) is 6. The Morgan fingerprint density at radius 2 is 1.23 bits per heavy atom. The number of nitrogens with one attached hydrogen (secondary N) is 2. The molecule has 3 aromatic carbocycles. The topological polar surface area (TPSA) is 114 Å². The minimum Gasteiger partial charge on any atom is -0.458 e. The second-order valence-corrected chi connectivity index (χ2v) is 15.4. The summed E-state index contributed by atoms with van der Waals surface area (Å²) < 4.78 is 11.4. The van der Waals surface area contributed by atoms with Crippen LogP contribution in [0.1, 0.15) is 109 Å². The number of unbranched alkanes of at least 4 members (excludes halogenated alkanes) is 4. The normalized spacial score (nSPS) is 13.3. The summed E-state index contributed by atoms with van der Waals surface area (Å²) in [7, 11) is 0. The molecule has 9 heteroatoms. The van der Waals surface area contributed by atoms with Crippen LogP contribution in [0, 0.1) is 6.92 Å². The first kappa shape index (κ1) is 41.8. The Hall–Kier alpha value is -4.66. The van der Waals surface area contributed by atoms with Gasteiger partial charge in [-0.2, -0.15) is 0 Å². The Labute approximate surface area is 310 Å². The van der Waals surface area contributed by atoms with Gasteiger partial charge in [0.05, 0.1) is 0 Å². The van der Waals surface area contributed by atoms with E-state index >= 15 is 0 Å². The molecule has 0 spiro atoms. The maximum atomic E-state index is 15.0. The van der Waals surface area contributed by atoms with Crippen molar-refractivity contribution in [3.63, 3.8) is 0 Å². The number of esters is 1. The third kappa shape index (κ3) is 14.5. The molecule has 0 aliphatic rings. The van der Waals surface area contributed by atoms with E-state index in [9.17, 15) is 19.2 Å². The number of amides is 3. The zero-order chi connectivity index (χ0) is 38.3. The molecule has 0 heterocycles. The zero-order valence-electron chi connectivity index (χ0n) is 32.4. The van der Waals surface area contributed by atoms with Gasteiger partial charge in [-0.05, 0) is 71.6 Å². The molecule has 0 radical (unpaired) electrons. The van der Waals surface area contributed by atoms with Gasteiger partial charge in [-0.3, -0.25) is 9.59 Å². The second-order valence-electron chi connectivity index (χ2n) is 15.4. The van der Waals surface area contributed by atoms with E-state index < -0.39 is 53.2 Å². The Kier molecular flexibility index (Phi) is 15.9. The predicted molar refractivity (Wildman–Crippen MR) is 206 cm³/mol. The minimum absolute atomic E-state index is 0.182. The molecule has 0 bridgehead atoms. The van der Waals surface area contributed by atoms with Crippen molar-refractivity contribution in [2.24, 2.45) is 0 Å². The van der Waals surface area contributed by atoms with Crippen LogP contribution in [0.2, 0.25) is 0 Å². The quantitative estimate of drug-likeness (QED) is 0.108. The number of benzene rings is 3. The molecule has 3 atom stereocenters. The lowest BCUT2D eigenvalue weighted by Gasteiger charge is -2.35. The van der Waals surface area contributed by atoms with Gasteiger partial charge in [-0.15, -0.1) is 0 Å². The summed E-state index contributed by atoms with van der Waals surface area (Å²) in [5, 5.41) is 5.82. The molecular weight excluding hydrogens is 654 g/mol. The molecule has 2 N–H and O–H groups in total. The van der Waals surface area contributed by atoms with Gasteiger partial charge in [0.2, 0.25) is 11.8 Å². The van der Waals surface area contributed by atoms with E-state index in [2.05, 4.69) is 17.6 Å². The summed E-state index contributed by atoms with van der Waals surface area (Å²) in [6.07, 6.45) is 4.26. The number of alkyl carbamates (subject to hydrolysis) is 1. The van der Waals surface area contributed by atoms with Crippen molar-refractivity contribution < 1.29 is 28.7 Å². The maximum Gasteiger partial charge on any atom is 0.408 e. The summed E-state index contributed by atoms with van der Waals surface area (Å²) in [5.74, 6) is -1.52. The van der Waals surface area contributed by atoms with Crippen LogP contribution in [-0.2, 0) is 36.7 Å².